The summed E-state index contributed by atoms with van der Waals surface area (Å²) in [7, 11) is 0. The lowest BCUT2D eigenvalue weighted by atomic mass is 10.1. The van der Waals surface area contributed by atoms with Crippen LogP contribution in [0.15, 0.2) is 48.5 Å². The Hall–Kier alpha value is -3.08. The zero-order chi connectivity index (χ0) is 18.5. The van der Waals surface area contributed by atoms with Crippen molar-refractivity contribution in [1.82, 2.24) is 15.6 Å². The third kappa shape index (κ3) is 3.94. The first-order valence-electron chi connectivity index (χ1n) is 8.78. The molecule has 5 nitrogen and oxygen atoms in total. The zero-order valence-electron chi connectivity index (χ0n) is 15.1. The van der Waals surface area contributed by atoms with E-state index in [1.165, 1.54) is 0 Å². The fourth-order valence-electron chi connectivity index (χ4n) is 3.02. The van der Waals surface area contributed by atoms with Crippen LogP contribution in [0.25, 0.3) is 10.9 Å². The number of carbonyl (C=O) groups is 2. The normalized spacial score (nSPS) is 10.7. The third-order valence-corrected chi connectivity index (χ3v) is 4.41. The minimum atomic E-state index is -0.0853. The van der Waals surface area contributed by atoms with Gasteiger partial charge < -0.3 is 15.6 Å². The number of fused-ring (bicyclic) bond motifs is 1. The number of benzene rings is 2. The Balaban J connectivity index is 1.60. The Morgan fingerprint density at radius 1 is 1.00 bits per heavy atom. The molecular weight excluding hydrogens is 326 g/mol. The second kappa shape index (κ2) is 7.87. The summed E-state index contributed by atoms with van der Waals surface area (Å²) < 4.78 is 0. The van der Waals surface area contributed by atoms with E-state index in [2.05, 4.69) is 15.6 Å². The molecule has 0 atom stereocenters. The summed E-state index contributed by atoms with van der Waals surface area (Å²) in [6.45, 7) is 4.92. The molecule has 0 bridgehead atoms. The molecule has 0 aliphatic rings. The maximum absolute atomic E-state index is 12.4. The molecule has 1 aromatic heterocycles. The van der Waals surface area contributed by atoms with E-state index in [9.17, 15) is 9.59 Å². The lowest BCUT2D eigenvalue weighted by Crippen LogP contribution is -2.25. The Morgan fingerprint density at radius 2 is 1.73 bits per heavy atom. The first-order valence-corrected chi connectivity index (χ1v) is 8.78. The quantitative estimate of drug-likeness (QED) is 0.640. The first-order chi connectivity index (χ1) is 12.6. The second-order valence-corrected chi connectivity index (χ2v) is 6.28. The van der Waals surface area contributed by atoms with Gasteiger partial charge >= 0.3 is 0 Å². The van der Waals surface area contributed by atoms with Crippen molar-refractivity contribution in [1.29, 1.82) is 0 Å². The predicted molar refractivity (Wildman–Crippen MR) is 103 cm³/mol. The van der Waals surface area contributed by atoms with E-state index in [4.69, 9.17) is 0 Å². The van der Waals surface area contributed by atoms with E-state index in [-0.39, 0.29) is 11.8 Å². The number of aromatic nitrogens is 1. The van der Waals surface area contributed by atoms with Crippen LogP contribution in [-0.4, -0.2) is 23.3 Å². The lowest BCUT2D eigenvalue weighted by molar-refractivity contribution is -0.120. The van der Waals surface area contributed by atoms with Gasteiger partial charge in [-0.2, -0.15) is 0 Å². The Labute approximate surface area is 152 Å². The molecule has 26 heavy (non-hydrogen) atoms. The summed E-state index contributed by atoms with van der Waals surface area (Å²) in [6.07, 6.45) is 0.340. The smallest absolute Gasteiger partial charge is 0.251 e. The van der Waals surface area contributed by atoms with Gasteiger partial charge in [-0.15, -0.1) is 0 Å². The van der Waals surface area contributed by atoms with Crippen molar-refractivity contribution >= 4 is 22.7 Å². The van der Waals surface area contributed by atoms with Crippen LogP contribution < -0.4 is 10.6 Å². The topological polar surface area (TPSA) is 74.0 Å². The first kappa shape index (κ1) is 17.7. The van der Waals surface area contributed by atoms with Gasteiger partial charge in [0.1, 0.15) is 0 Å². The van der Waals surface area contributed by atoms with E-state index in [0.717, 1.165) is 27.7 Å². The summed E-state index contributed by atoms with van der Waals surface area (Å²) in [5.74, 6) is -0.108. The summed E-state index contributed by atoms with van der Waals surface area (Å²) >= 11 is 0. The van der Waals surface area contributed by atoms with Crippen LogP contribution in [0.5, 0.6) is 0 Å². The number of aryl methyl sites for hydroxylation is 1. The lowest BCUT2D eigenvalue weighted by Gasteiger charge is -2.07. The number of nitrogens with one attached hydrogen (secondary N) is 3. The molecule has 2 aromatic carbocycles. The van der Waals surface area contributed by atoms with Gasteiger partial charge in [-0.1, -0.05) is 30.3 Å². The number of aromatic amines is 1. The van der Waals surface area contributed by atoms with Gasteiger partial charge in [0.15, 0.2) is 0 Å². The van der Waals surface area contributed by atoms with E-state index in [1.807, 2.05) is 50.2 Å². The van der Waals surface area contributed by atoms with Crippen LogP contribution in [0.1, 0.15) is 34.1 Å². The minimum Gasteiger partial charge on any atom is -0.358 e. The molecule has 0 unspecified atom stereocenters. The van der Waals surface area contributed by atoms with Crippen molar-refractivity contribution in [3.63, 3.8) is 0 Å². The van der Waals surface area contributed by atoms with Crippen molar-refractivity contribution in [3.05, 3.63) is 70.9 Å². The molecule has 3 N–H and O–H groups in total. The second-order valence-electron chi connectivity index (χ2n) is 6.28. The fourth-order valence-corrected chi connectivity index (χ4v) is 3.02. The van der Waals surface area contributed by atoms with Crippen LogP contribution in [-0.2, 0) is 17.8 Å². The van der Waals surface area contributed by atoms with Gasteiger partial charge in [0.05, 0.1) is 6.42 Å². The van der Waals surface area contributed by atoms with Crippen molar-refractivity contribution in [3.8, 4) is 0 Å². The highest BCUT2D eigenvalue weighted by Crippen LogP contribution is 2.22. The van der Waals surface area contributed by atoms with E-state index < -0.39 is 0 Å². The highest BCUT2D eigenvalue weighted by atomic mass is 16.2. The molecular formula is C21H23N3O2. The highest BCUT2D eigenvalue weighted by Gasteiger charge is 2.12. The van der Waals surface area contributed by atoms with Gasteiger partial charge in [-0.05, 0) is 43.2 Å². The average molecular weight is 349 g/mol. The summed E-state index contributed by atoms with van der Waals surface area (Å²) in [6, 6.07) is 15.3. The summed E-state index contributed by atoms with van der Waals surface area (Å²) in [5, 5.41) is 6.80. The standard InChI is InChI=1S/C21H23N3O2/c1-3-22-21(26)16-10-8-15(9-11-16)13-23-20(25)12-18-14(2)24-19-7-5-4-6-17(18)19/h4-11,24H,3,12-13H2,1-2H3,(H,22,26)(H,23,25). The molecule has 0 radical (unpaired) electrons. The zero-order valence-corrected chi connectivity index (χ0v) is 15.1. The predicted octanol–water partition coefficient (Wildman–Crippen LogP) is 3.08. The molecule has 0 saturated carbocycles. The number of carbonyl (C=O) groups excluding carboxylic acids is 2. The third-order valence-electron chi connectivity index (χ3n) is 4.41. The van der Waals surface area contributed by atoms with Gasteiger partial charge in [-0.3, -0.25) is 9.59 Å². The number of hydrogen-bond acceptors (Lipinski definition) is 2. The van der Waals surface area contributed by atoms with Crippen LogP contribution in [0.2, 0.25) is 0 Å². The Morgan fingerprint density at radius 3 is 2.46 bits per heavy atom. The molecule has 2 amide bonds. The monoisotopic (exact) mass is 349 g/mol. The molecule has 0 saturated heterocycles. The fraction of sp³-hybridized carbons (Fsp3) is 0.238. The minimum absolute atomic E-state index is 0.0225. The van der Waals surface area contributed by atoms with Crippen LogP contribution in [0, 0.1) is 6.92 Å². The summed E-state index contributed by atoms with van der Waals surface area (Å²) in [5.41, 5.74) is 4.68. The highest BCUT2D eigenvalue weighted by molar-refractivity contribution is 5.94. The van der Waals surface area contributed by atoms with Crippen molar-refractivity contribution in [2.24, 2.45) is 0 Å². The molecule has 5 heteroatoms. The average Bonchev–Trinajstić information content (AvgIpc) is 2.96. The SMILES string of the molecule is CCNC(=O)c1ccc(CNC(=O)Cc2c(C)[nH]c3ccccc23)cc1. The molecule has 1 heterocycles. The van der Waals surface area contributed by atoms with Gasteiger partial charge in [-0.25, -0.2) is 0 Å². The van der Waals surface area contributed by atoms with Crippen molar-refractivity contribution < 1.29 is 9.59 Å². The van der Waals surface area contributed by atoms with E-state index in [1.54, 1.807) is 12.1 Å². The molecule has 3 aromatic rings. The Bertz CT molecular complexity index is 926. The number of amides is 2. The number of para-hydroxylation sites is 1. The largest absolute Gasteiger partial charge is 0.358 e. The van der Waals surface area contributed by atoms with E-state index in [0.29, 0.717) is 25.1 Å². The van der Waals surface area contributed by atoms with Crippen LogP contribution in [0.3, 0.4) is 0 Å². The molecule has 0 spiro atoms. The van der Waals surface area contributed by atoms with Crippen molar-refractivity contribution in [2.45, 2.75) is 26.8 Å². The molecule has 0 aliphatic carbocycles. The van der Waals surface area contributed by atoms with Gasteiger partial charge in [0.25, 0.3) is 5.91 Å². The molecule has 0 fully saturated rings. The molecule has 0 aliphatic heterocycles. The number of rotatable bonds is 6. The van der Waals surface area contributed by atoms with Crippen molar-refractivity contribution in [2.75, 3.05) is 6.54 Å². The van der Waals surface area contributed by atoms with Gasteiger partial charge in [0.2, 0.25) is 5.91 Å². The van der Waals surface area contributed by atoms with E-state index >= 15 is 0 Å². The maximum Gasteiger partial charge on any atom is 0.251 e. The number of hydrogen-bond donors (Lipinski definition) is 3. The summed E-state index contributed by atoms with van der Waals surface area (Å²) in [4.78, 5) is 27.4. The van der Waals surface area contributed by atoms with Crippen LogP contribution in [0.4, 0.5) is 0 Å². The maximum atomic E-state index is 12.4. The number of H-pyrrole nitrogens is 1. The molecule has 134 valence electrons. The van der Waals surface area contributed by atoms with Crippen LogP contribution >= 0.6 is 0 Å². The molecule has 3 rings (SSSR count). The Kier molecular flexibility index (Phi) is 5.37. The van der Waals surface area contributed by atoms with Gasteiger partial charge in [0, 0.05) is 35.2 Å².